The van der Waals surface area contributed by atoms with E-state index in [9.17, 15) is 29.1 Å². The van der Waals surface area contributed by atoms with Gasteiger partial charge in [0.15, 0.2) is 22.6 Å². The van der Waals surface area contributed by atoms with Crippen LogP contribution < -0.4 is 0 Å². The molecule has 6 rings (SSSR count). The minimum Gasteiger partial charge on any atom is -0.468 e. The van der Waals surface area contributed by atoms with Crippen molar-refractivity contribution in [2.45, 2.75) is 85.5 Å². The highest BCUT2D eigenvalue weighted by molar-refractivity contribution is 6.30. The van der Waals surface area contributed by atoms with Crippen molar-refractivity contribution in [2.24, 2.45) is 38.9 Å². The van der Waals surface area contributed by atoms with Gasteiger partial charge in [-0.25, -0.2) is 0 Å². The zero-order valence-corrected chi connectivity index (χ0v) is 22.7. The van der Waals surface area contributed by atoms with Crippen LogP contribution in [0.2, 0.25) is 0 Å². The van der Waals surface area contributed by atoms with Gasteiger partial charge >= 0.3 is 17.9 Å². The van der Waals surface area contributed by atoms with Gasteiger partial charge in [-0.2, -0.15) is 0 Å². The fraction of sp³-hybridized carbons (Fsp3) is 0.750. The fourth-order valence-corrected chi connectivity index (χ4v) is 9.76. The number of rotatable bonds is 2. The second kappa shape index (κ2) is 7.10. The Bertz CT molecular complexity index is 1200. The number of Topliss-reactive ketones (excluding diaryl/α,β-unsaturated/α-hetero) is 2. The van der Waals surface area contributed by atoms with Gasteiger partial charge in [-0.05, 0) is 40.0 Å². The maximum atomic E-state index is 14.3. The van der Waals surface area contributed by atoms with E-state index in [0.29, 0.717) is 18.4 Å². The number of allylic oxidation sites excluding steroid dienone is 2. The maximum Gasteiger partial charge on any atom is 0.321 e. The number of ketones is 2. The van der Waals surface area contributed by atoms with Crippen molar-refractivity contribution < 1.29 is 43.3 Å². The van der Waals surface area contributed by atoms with Crippen LogP contribution in [-0.4, -0.2) is 59.5 Å². The molecule has 9 unspecified atom stereocenters. The molecule has 0 aromatic heterocycles. The minimum absolute atomic E-state index is 0.0245. The highest BCUT2D eigenvalue weighted by Gasteiger charge is 2.87. The summed E-state index contributed by atoms with van der Waals surface area (Å²) in [6, 6.07) is 0. The van der Waals surface area contributed by atoms with E-state index in [1.54, 1.807) is 13.8 Å². The average molecular weight is 517 g/mol. The Morgan fingerprint density at radius 2 is 1.70 bits per heavy atom. The Kier molecular flexibility index (Phi) is 5.00. The lowest BCUT2D eigenvalue weighted by Crippen LogP contribution is -2.77. The van der Waals surface area contributed by atoms with E-state index in [4.69, 9.17) is 14.2 Å². The largest absolute Gasteiger partial charge is 0.468 e. The van der Waals surface area contributed by atoms with Crippen LogP contribution in [0.4, 0.5) is 0 Å². The van der Waals surface area contributed by atoms with Crippen molar-refractivity contribution in [3.63, 3.8) is 0 Å². The quantitative estimate of drug-likeness (QED) is 0.254. The molecule has 2 heterocycles. The number of methoxy groups -OCH3 is 1. The van der Waals surface area contributed by atoms with Crippen molar-refractivity contribution in [1.29, 1.82) is 0 Å². The lowest BCUT2D eigenvalue weighted by molar-refractivity contribution is -0.285. The van der Waals surface area contributed by atoms with Gasteiger partial charge in [0.25, 0.3) is 0 Å². The molecule has 1 spiro atoms. The Morgan fingerprint density at radius 1 is 1.08 bits per heavy atom. The van der Waals surface area contributed by atoms with Gasteiger partial charge < -0.3 is 19.3 Å². The SMILES string of the molecule is COC(=O)C12C(=O)C(C)(O)C(=O)C1(C)C(C)=CC1C34CCC(OC3=O)C(C)(C)C4C(OC(C)=O)CC12C. The van der Waals surface area contributed by atoms with E-state index in [1.807, 2.05) is 19.9 Å². The third kappa shape index (κ3) is 2.44. The van der Waals surface area contributed by atoms with Crippen LogP contribution in [0.25, 0.3) is 0 Å². The molecular weight excluding hydrogens is 480 g/mol. The number of hydrogen-bond donors (Lipinski definition) is 1. The Morgan fingerprint density at radius 3 is 2.24 bits per heavy atom. The molecule has 2 saturated heterocycles. The summed E-state index contributed by atoms with van der Waals surface area (Å²) in [5.41, 5.74) is -9.13. The normalized spacial score (nSPS) is 49.3. The third-order valence-corrected chi connectivity index (χ3v) is 11.2. The highest BCUT2D eigenvalue weighted by Crippen LogP contribution is 2.78. The second-order valence-electron chi connectivity index (χ2n) is 13.0. The summed E-state index contributed by atoms with van der Waals surface area (Å²) in [6.45, 7) is 11.3. The standard InChI is InChI=1S/C28H36O9/c1-13-11-16-24(5,28(22(33)35-8)20(31)26(7,34)19(30)25(13,28)6)12-15(36-14(2)29)18-23(3,4)17-9-10-27(16,18)21(32)37-17/h11,15-18,34H,9-10,12H2,1-8H3. The van der Waals surface area contributed by atoms with Crippen LogP contribution in [0, 0.1) is 38.9 Å². The van der Waals surface area contributed by atoms with Gasteiger partial charge in [0.2, 0.25) is 0 Å². The monoisotopic (exact) mass is 516 g/mol. The molecule has 5 fully saturated rings. The summed E-state index contributed by atoms with van der Waals surface area (Å²) < 4.78 is 17.1. The lowest BCUT2D eigenvalue weighted by Gasteiger charge is -2.71. The Balaban J connectivity index is 1.91. The van der Waals surface area contributed by atoms with E-state index in [2.05, 4.69) is 0 Å². The van der Waals surface area contributed by atoms with Crippen LogP contribution >= 0.6 is 0 Å². The van der Waals surface area contributed by atoms with Gasteiger partial charge in [0.1, 0.15) is 12.2 Å². The lowest BCUT2D eigenvalue weighted by atomic mass is 9.32. The minimum atomic E-state index is -2.45. The molecule has 0 aromatic rings. The Labute approximate surface area is 216 Å². The number of carbonyl (C=O) groups excluding carboxylic acids is 5. The number of hydrogen-bond acceptors (Lipinski definition) is 9. The number of aliphatic hydroxyl groups is 1. The molecule has 0 amide bonds. The van der Waals surface area contributed by atoms with Gasteiger partial charge in [0.05, 0.1) is 17.9 Å². The number of carbonyl (C=O) groups is 5. The van der Waals surface area contributed by atoms with Gasteiger partial charge in [-0.1, -0.05) is 32.4 Å². The molecule has 202 valence electrons. The summed E-state index contributed by atoms with van der Waals surface area (Å²) in [5.74, 6) is -4.85. The number of esters is 3. The molecular formula is C28H36O9. The molecule has 1 N–H and O–H groups in total. The first-order valence-corrected chi connectivity index (χ1v) is 12.9. The van der Waals surface area contributed by atoms with Crippen molar-refractivity contribution in [3.05, 3.63) is 11.6 Å². The van der Waals surface area contributed by atoms with E-state index < -0.39 is 80.1 Å². The van der Waals surface area contributed by atoms with Gasteiger partial charge in [0, 0.05) is 29.6 Å². The summed E-state index contributed by atoms with van der Waals surface area (Å²) in [6.07, 6.45) is 1.66. The number of fused-ring (bicyclic) bond motifs is 5. The first-order chi connectivity index (χ1) is 16.9. The molecule has 6 aliphatic rings. The van der Waals surface area contributed by atoms with Crippen molar-refractivity contribution in [1.82, 2.24) is 0 Å². The van der Waals surface area contributed by atoms with E-state index >= 15 is 0 Å². The molecule has 0 aromatic carbocycles. The van der Waals surface area contributed by atoms with Crippen LogP contribution in [0.3, 0.4) is 0 Å². The summed E-state index contributed by atoms with van der Waals surface area (Å²) in [5, 5.41) is 11.3. The molecule has 3 saturated carbocycles. The molecule has 9 atom stereocenters. The number of ether oxygens (including phenoxy) is 3. The molecule has 2 aliphatic heterocycles. The van der Waals surface area contributed by atoms with Crippen LogP contribution in [0.1, 0.15) is 67.7 Å². The van der Waals surface area contributed by atoms with Gasteiger partial charge in [-0.3, -0.25) is 24.0 Å². The Hall–Kier alpha value is -2.55. The van der Waals surface area contributed by atoms with Gasteiger partial charge in [-0.15, -0.1) is 0 Å². The smallest absolute Gasteiger partial charge is 0.321 e. The van der Waals surface area contributed by atoms with E-state index in [-0.39, 0.29) is 12.5 Å². The van der Waals surface area contributed by atoms with Crippen LogP contribution in [0.15, 0.2) is 11.6 Å². The zero-order chi connectivity index (χ0) is 27.7. The zero-order valence-electron chi connectivity index (χ0n) is 22.7. The third-order valence-electron chi connectivity index (χ3n) is 11.2. The summed E-state index contributed by atoms with van der Waals surface area (Å²) in [7, 11) is 1.14. The molecule has 37 heavy (non-hydrogen) atoms. The highest BCUT2D eigenvalue weighted by atomic mass is 16.6. The van der Waals surface area contributed by atoms with E-state index in [1.165, 1.54) is 13.8 Å². The predicted octanol–water partition coefficient (Wildman–Crippen LogP) is 2.32. The van der Waals surface area contributed by atoms with Crippen molar-refractivity contribution in [2.75, 3.05) is 7.11 Å². The fourth-order valence-electron chi connectivity index (χ4n) is 9.76. The van der Waals surface area contributed by atoms with Crippen molar-refractivity contribution >= 4 is 29.5 Å². The first kappa shape index (κ1) is 26.1. The molecule has 4 aliphatic carbocycles. The molecule has 0 radical (unpaired) electrons. The predicted molar refractivity (Wildman–Crippen MR) is 128 cm³/mol. The van der Waals surface area contributed by atoms with E-state index in [0.717, 1.165) is 14.0 Å². The van der Waals surface area contributed by atoms with Crippen molar-refractivity contribution in [3.8, 4) is 0 Å². The molecule has 2 bridgehead atoms. The average Bonchev–Trinajstić information content (AvgIpc) is 2.92. The second-order valence-corrected chi connectivity index (χ2v) is 13.0. The summed E-state index contributed by atoms with van der Waals surface area (Å²) in [4.78, 5) is 68.4. The molecule has 9 heteroatoms. The van der Waals surface area contributed by atoms with Crippen LogP contribution in [-0.2, 0) is 38.2 Å². The summed E-state index contributed by atoms with van der Waals surface area (Å²) >= 11 is 0. The maximum absolute atomic E-state index is 14.3. The topological polar surface area (TPSA) is 133 Å². The van der Waals surface area contributed by atoms with Crippen LogP contribution in [0.5, 0.6) is 0 Å². The molecule has 9 nitrogen and oxygen atoms in total. The first-order valence-electron chi connectivity index (χ1n) is 12.9.